The van der Waals surface area contributed by atoms with Crippen LogP contribution in [-0.4, -0.2) is 31.2 Å². The molecule has 2 amide bonds. The summed E-state index contributed by atoms with van der Waals surface area (Å²) in [5, 5.41) is 5.81. The lowest BCUT2D eigenvalue weighted by atomic mass is 10.1. The Morgan fingerprint density at radius 3 is 2.41 bits per heavy atom. The van der Waals surface area contributed by atoms with Gasteiger partial charge < -0.3 is 15.4 Å². The van der Waals surface area contributed by atoms with Crippen LogP contribution < -0.4 is 15.4 Å². The zero-order chi connectivity index (χ0) is 22.9. The van der Waals surface area contributed by atoms with E-state index in [9.17, 15) is 9.59 Å². The molecule has 0 saturated carbocycles. The number of rotatable bonds is 9. The second kappa shape index (κ2) is 11.4. The first-order chi connectivity index (χ1) is 15.5. The SMILES string of the molecule is COc1ccc(CCNC(=O)c2ccccc2NC(=O)CSc2ccc(C)c(C)c2)cc1. The van der Waals surface area contributed by atoms with Gasteiger partial charge in [0.2, 0.25) is 5.91 Å². The van der Waals surface area contributed by atoms with Crippen molar-refractivity contribution in [3.8, 4) is 5.75 Å². The molecule has 3 aromatic carbocycles. The summed E-state index contributed by atoms with van der Waals surface area (Å²) in [4.78, 5) is 26.2. The molecule has 32 heavy (non-hydrogen) atoms. The molecule has 0 unspecified atom stereocenters. The van der Waals surface area contributed by atoms with Crippen LogP contribution in [0.15, 0.2) is 71.6 Å². The van der Waals surface area contributed by atoms with Crippen molar-refractivity contribution in [1.82, 2.24) is 5.32 Å². The van der Waals surface area contributed by atoms with E-state index in [0.29, 0.717) is 24.2 Å². The number of hydrogen-bond acceptors (Lipinski definition) is 4. The van der Waals surface area contributed by atoms with Gasteiger partial charge in [0.1, 0.15) is 5.75 Å². The minimum Gasteiger partial charge on any atom is -0.497 e. The standard InChI is InChI=1S/C26H28N2O3S/c1-18-8-13-22(16-19(18)2)32-17-25(29)28-24-7-5-4-6-23(24)26(30)27-15-14-20-9-11-21(31-3)12-10-20/h4-13,16H,14-15,17H2,1-3H3,(H,27,30)(H,28,29). The third kappa shape index (κ3) is 6.62. The van der Waals surface area contributed by atoms with Crippen LogP contribution in [-0.2, 0) is 11.2 Å². The summed E-state index contributed by atoms with van der Waals surface area (Å²) >= 11 is 1.48. The summed E-state index contributed by atoms with van der Waals surface area (Å²) in [6.07, 6.45) is 0.705. The van der Waals surface area contributed by atoms with E-state index in [1.807, 2.05) is 30.3 Å². The van der Waals surface area contributed by atoms with Gasteiger partial charge in [0, 0.05) is 11.4 Å². The quantitative estimate of drug-likeness (QED) is 0.451. The molecule has 0 radical (unpaired) electrons. The molecule has 0 fully saturated rings. The molecular formula is C26H28N2O3S. The van der Waals surface area contributed by atoms with Crippen molar-refractivity contribution >= 4 is 29.3 Å². The van der Waals surface area contributed by atoms with Crippen molar-refractivity contribution in [2.45, 2.75) is 25.2 Å². The minimum atomic E-state index is -0.212. The second-order valence-electron chi connectivity index (χ2n) is 7.48. The molecule has 0 atom stereocenters. The number of carbonyl (C=O) groups is 2. The van der Waals surface area contributed by atoms with E-state index in [-0.39, 0.29) is 17.6 Å². The number of benzene rings is 3. The predicted octanol–water partition coefficient (Wildman–Crippen LogP) is 5.02. The highest BCUT2D eigenvalue weighted by molar-refractivity contribution is 8.00. The third-order valence-electron chi connectivity index (χ3n) is 5.15. The topological polar surface area (TPSA) is 67.4 Å². The van der Waals surface area contributed by atoms with E-state index in [0.717, 1.165) is 16.2 Å². The van der Waals surface area contributed by atoms with Crippen LogP contribution >= 0.6 is 11.8 Å². The summed E-state index contributed by atoms with van der Waals surface area (Å²) in [7, 11) is 1.63. The van der Waals surface area contributed by atoms with Crippen molar-refractivity contribution in [3.05, 3.63) is 89.0 Å². The van der Waals surface area contributed by atoms with Gasteiger partial charge in [-0.15, -0.1) is 11.8 Å². The molecule has 3 rings (SSSR count). The van der Waals surface area contributed by atoms with E-state index in [1.54, 1.807) is 31.4 Å². The predicted molar refractivity (Wildman–Crippen MR) is 131 cm³/mol. The maximum atomic E-state index is 12.7. The number of aryl methyl sites for hydroxylation is 2. The number of para-hydroxylation sites is 1. The van der Waals surface area contributed by atoms with Gasteiger partial charge in [0.05, 0.1) is 24.1 Å². The van der Waals surface area contributed by atoms with E-state index < -0.39 is 0 Å². The fourth-order valence-corrected chi connectivity index (χ4v) is 3.93. The number of ether oxygens (including phenoxy) is 1. The Labute approximate surface area is 193 Å². The molecule has 0 aliphatic heterocycles. The molecule has 0 aliphatic rings. The van der Waals surface area contributed by atoms with E-state index in [2.05, 4.69) is 36.6 Å². The molecule has 0 aliphatic carbocycles. The highest BCUT2D eigenvalue weighted by Gasteiger charge is 2.13. The van der Waals surface area contributed by atoms with E-state index in [1.165, 1.54) is 22.9 Å². The van der Waals surface area contributed by atoms with Crippen LogP contribution in [0.4, 0.5) is 5.69 Å². The average Bonchev–Trinajstić information content (AvgIpc) is 2.80. The molecule has 0 spiro atoms. The molecule has 5 nitrogen and oxygen atoms in total. The zero-order valence-electron chi connectivity index (χ0n) is 18.6. The van der Waals surface area contributed by atoms with Gasteiger partial charge in [-0.2, -0.15) is 0 Å². The van der Waals surface area contributed by atoms with Crippen LogP contribution in [0, 0.1) is 13.8 Å². The van der Waals surface area contributed by atoms with Crippen molar-refractivity contribution in [2.24, 2.45) is 0 Å². The molecule has 6 heteroatoms. The molecule has 2 N–H and O–H groups in total. The zero-order valence-corrected chi connectivity index (χ0v) is 19.4. The van der Waals surface area contributed by atoms with Gasteiger partial charge in [-0.3, -0.25) is 9.59 Å². The van der Waals surface area contributed by atoms with Crippen LogP contribution in [0.3, 0.4) is 0 Å². The number of nitrogens with one attached hydrogen (secondary N) is 2. The maximum absolute atomic E-state index is 12.7. The lowest BCUT2D eigenvalue weighted by Crippen LogP contribution is -2.27. The third-order valence-corrected chi connectivity index (χ3v) is 6.15. The number of anilines is 1. The fourth-order valence-electron chi connectivity index (χ4n) is 3.14. The summed E-state index contributed by atoms with van der Waals surface area (Å²) in [5.74, 6) is 0.719. The highest BCUT2D eigenvalue weighted by Crippen LogP contribution is 2.22. The second-order valence-corrected chi connectivity index (χ2v) is 8.53. The maximum Gasteiger partial charge on any atom is 0.253 e. The van der Waals surface area contributed by atoms with Crippen molar-refractivity contribution in [3.63, 3.8) is 0 Å². The van der Waals surface area contributed by atoms with E-state index >= 15 is 0 Å². The van der Waals surface area contributed by atoms with Crippen LogP contribution in [0.5, 0.6) is 5.75 Å². The summed E-state index contributed by atoms with van der Waals surface area (Å²) in [5.41, 5.74) is 4.50. The van der Waals surface area contributed by atoms with Gasteiger partial charge in [0.15, 0.2) is 0 Å². The summed E-state index contributed by atoms with van der Waals surface area (Å²) < 4.78 is 5.16. The molecule has 0 saturated heterocycles. The van der Waals surface area contributed by atoms with Crippen LogP contribution in [0.25, 0.3) is 0 Å². The lowest BCUT2D eigenvalue weighted by Gasteiger charge is -2.12. The smallest absolute Gasteiger partial charge is 0.253 e. The molecule has 0 aromatic heterocycles. The Morgan fingerprint density at radius 1 is 0.938 bits per heavy atom. The largest absolute Gasteiger partial charge is 0.497 e. The molecule has 3 aromatic rings. The first kappa shape index (κ1) is 23.4. The van der Waals surface area contributed by atoms with Crippen LogP contribution in [0.1, 0.15) is 27.0 Å². The monoisotopic (exact) mass is 448 g/mol. The van der Waals surface area contributed by atoms with Crippen molar-refractivity contribution < 1.29 is 14.3 Å². The normalized spacial score (nSPS) is 10.5. The number of hydrogen-bond donors (Lipinski definition) is 2. The average molecular weight is 449 g/mol. The Hall–Kier alpha value is -3.25. The Balaban J connectivity index is 1.53. The highest BCUT2D eigenvalue weighted by atomic mass is 32.2. The molecule has 0 heterocycles. The number of amides is 2. The van der Waals surface area contributed by atoms with E-state index in [4.69, 9.17) is 4.74 Å². The van der Waals surface area contributed by atoms with Gasteiger partial charge in [-0.05, 0) is 73.4 Å². The fraction of sp³-hybridized carbons (Fsp3) is 0.231. The molecule has 0 bridgehead atoms. The van der Waals surface area contributed by atoms with Gasteiger partial charge in [-0.1, -0.05) is 30.3 Å². The Kier molecular flexibility index (Phi) is 8.34. The van der Waals surface area contributed by atoms with Crippen LogP contribution in [0.2, 0.25) is 0 Å². The number of methoxy groups -OCH3 is 1. The first-order valence-corrected chi connectivity index (χ1v) is 11.4. The number of carbonyl (C=O) groups excluding carboxylic acids is 2. The summed E-state index contributed by atoms with van der Waals surface area (Å²) in [6.45, 7) is 4.62. The molecule has 166 valence electrons. The Morgan fingerprint density at radius 2 is 1.69 bits per heavy atom. The first-order valence-electron chi connectivity index (χ1n) is 10.5. The van der Waals surface area contributed by atoms with Crippen molar-refractivity contribution in [1.29, 1.82) is 0 Å². The van der Waals surface area contributed by atoms with Crippen molar-refractivity contribution in [2.75, 3.05) is 24.7 Å². The lowest BCUT2D eigenvalue weighted by molar-refractivity contribution is -0.113. The Bertz CT molecular complexity index is 1080. The van der Waals surface area contributed by atoms with Gasteiger partial charge in [0.25, 0.3) is 5.91 Å². The minimum absolute atomic E-state index is 0.147. The number of thioether (sulfide) groups is 1. The van der Waals surface area contributed by atoms with Gasteiger partial charge in [-0.25, -0.2) is 0 Å². The van der Waals surface area contributed by atoms with Gasteiger partial charge >= 0.3 is 0 Å². The molecular weight excluding hydrogens is 420 g/mol. The summed E-state index contributed by atoms with van der Waals surface area (Å²) in [6, 6.07) is 21.0.